The molecule has 0 heteroatoms. The lowest BCUT2D eigenvalue weighted by Crippen LogP contribution is -1.86. The lowest BCUT2D eigenvalue weighted by molar-refractivity contribution is 0.531. The summed E-state index contributed by atoms with van der Waals surface area (Å²) in [7, 11) is 0. The van der Waals surface area contributed by atoms with E-state index in [1.54, 1.807) is 0 Å². The van der Waals surface area contributed by atoms with E-state index in [4.69, 9.17) is 0 Å². The van der Waals surface area contributed by atoms with E-state index in [2.05, 4.69) is 27.7 Å². The third-order valence-electron chi connectivity index (χ3n) is 3.45. The van der Waals surface area contributed by atoms with Crippen molar-refractivity contribution in [2.24, 2.45) is 11.8 Å². The molecule has 0 aromatic heterocycles. The average molecular weight is 184 g/mol. The van der Waals surface area contributed by atoms with Gasteiger partial charge < -0.3 is 0 Å². The first-order chi connectivity index (χ1) is 6.24. The fourth-order valence-electron chi connectivity index (χ4n) is 1.71. The van der Waals surface area contributed by atoms with Gasteiger partial charge in [0.2, 0.25) is 0 Å². The summed E-state index contributed by atoms with van der Waals surface area (Å²) in [5, 5.41) is 0. The first-order valence-electron chi connectivity index (χ1n) is 6.24. The molecule has 13 heavy (non-hydrogen) atoms. The second-order valence-electron chi connectivity index (χ2n) is 4.48. The van der Waals surface area contributed by atoms with Gasteiger partial charge in [-0.15, -0.1) is 0 Å². The first kappa shape index (κ1) is 13.0. The molecule has 0 N–H and O–H groups in total. The zero-order chi connectivity index (χ0) is 10.1. The normalized spacial score (nSPS) is 17.3. The molecule has 0 unspecified atom stereocenters. The standard InChI is InChI=1S/C7H14.C6H14/c1-2-7-5-3-4-6-7;1-4-6(3)5-2/h7H,2-6H2,1H3;6H,4-5H2,1-3H3. The monoisotopic (exact) mass is 184 g/mol. The van der Waals surface area contributed by atoms with Gasteiger partial charge >= 0.3 is 0 Å². The maximum Gasteiger partial charge on any atom is -0.0417 e. The van der Waals surface area contributed by atoms with E-state index in [1.165, 1.54) is 44.9 Å². The van der Waals surface area contributed by atoms with Crippen LogP contribution in [0.2, 0.25) is 0 Å². The van der Waals surface area contributed by atoms with E-state index < -0.39 is 0 Å². The molecule has 0 atom stereocenters. The van der Waals surface area contributed by atoms with Crippen molar-refractivity contribution >= 4 is 0 Å². The van der Waals surface area contributed by atoms with Crippen LogP contribution in [-0.4, -0.2) is 0 Å². The summed E-state index contributed by atoms with van der Waals surface area (Å²) < 4.78 is 0. The van der Waals surface area contributed by atoms with Gasteiger partial charge in [0, 0.05) is 0 Å². The minimum absolute atomic E-state index is 0.935. The highest BCUT2D eigenvalue weighted by Gasteiger charge is 2.11. The SMILES string of the molecule is CCC(C)CC.CCC1CCCC1. The molecule has 1 fully saturated rings. The van der Waals surface area contributed by atoms with Gasteiger partial charge in [0.25, 0.3) is 0 Å². The Morgan fingerprint density at radius 2 is 1.46 bits per heavy atom. The van der Waals surface area contributed by atoms with Crippen molar-refractivity contribution in [2.45, 2.75) is 72.6 Å². The topological polar surface area (TPSA) is 0 Å². The molecule has 0 aromatic carbocycles. The van der Waals surface area contributed by atoms with Crippen molar-refractivity contribution in [1.29, 1.82) is 0 Å². The van der Waals surface area contributed by atoms with Crippen molar-refractivity contribution in [1.82, 2.24) is 0 Å². The highest BCUT2D eigenvalue weighted by Crippen LogP contribution is 2.26. The molecule has 1 rings (SSSR count). The molecule has 0 radical (unpaired) electrons. The third kappa shape index (κ3) is 7.10. The van der Waals surface area contributed by atoms with Crippen LogP contribution < -0.4 is 0 Å². The molecular weight excluding hydrogens is 156 g/mol. The van der Waals surface area contributed by atoms with Crippen molar-refractivity contribution in [3.8, 4) is 0 Å². The van der Waals surface area contributed by atoms with E-state index in [0.717, 1.165) is 11.8 Å². The number of hydrogen-bond donors (Lipinski definition) is 0. The van der Waals surface area contributed by atoms with Crippen LogP contribution in [0.3, 0.4) is 0 Å². The van der Waals surface area contributed by atoms with Crippen LogP contribution in [0.15, 0.2) is 0 Å². The van der Waals surface area contributed by atoms with Gasteiger partial charge in [-0.3, -0.25) is 0 Å². The zero-order valence-corrected chi connectivity index (χ0v) is 10.1. The van der Waals surface area contributed by atoms with Crippen LogP contribution in [0, 0.1) is 11.8 Å². The van der Waals surface area contributed by atoms with E-state index in [0.29, 0.717) is 0 Å². The molecule has 0 heterocycles. The Morgan fingerprint density at radius 3 is 1.62 bits per heavy atom. The van der Waals surface area contributed by atoms with Gasteiger partial charge in [0.05, 0.1) is 0 Å². The maximum absolute atomic E-state index is 2.30. The molecule has 0 spiro atoms. The van der Waals surface area contributed by atoms with Crippen LogP contribution in [0.25, 0.3) is 0 Å². The summed E-state index contributed by atoms with van der Waals surface area (Å²) in [6, 6.07) is 0. The quantitative estimate of drug-likeness (QED) is 0.577. The van der Waals surface area contributed by atoms with Gasteiger partial charge in [0.1, 0.15) is 0 Å². The lowest BCUT2D eigenvalue weighted by atomic mass is 10.1. The molecule has 80 valence electrons. The molecule has 1 aliphatic rings. The van der Waals surface area contributed by atoms with Crippen molar-refractivity contribution in [3.63, 3.8) is 0 Å². The molecule has 1 saturated carbocycles. The van der Waals surface area contributed by atoms with Crippen molar-refractivity contribution in [3.05, 3.63) is 0 Å². The minimum atomic E-state index is 0.935. The molecule has 0 bridgehead atoms. The summed E-state index contributed by atoms with van der Waals surface area (Å²) in [5.74, 6) is 2.03. The second kappa shape index (κ2) is 8.59. The van der Waals surface area contributed by atoms with Crippen LogP contribution in [0.1, 0.15) is 72.6 Å². The van der Waals surface area contributed by atoms with Gasteiger partial charge in [0.15, 0.2) is 0 Å². The molecule has 0 nitrogen and oxygen atoms in total. The highest BCUT2D eigenvalue weighted by atomic mass is 14.2. The molecular formula is C13H28. The predicted molar refractivity (Wildman–Crippen MR) is 62.0 cm³/mol. The maximum atomic E-state index is 2.30. The summed E-state index contributed by atoms with van der Waals surface area (Å²) in [4.78, 5) is 0. The lowest BCUT2D eigenvalue weighted by Gasteiger charge is -1.99. The second-order valence-corrected chi connectivity index (χ2v) is 4.48. The van der Waals surface area contributed by atoms with Crippen LogP contribution in [-0.2, 0) is 0 Å². The van der Waals surface area contributed by atoms with Crippen molar-refractivity contribution in [2.75, 3.05) is 0 Å². The van der Waals surface area contributed by atoms with Gasteiger partial charge in [-0.2, -0.15) is 0 Å². The Hall–Kier alpha value is 0. The van der Waals surface area contributed by atoms with Crippen molar-refractivity contribution < 1.29 is 0 Å². The summed E-state index contributed by atoms with van der Waals surface area (Å²) >= 11 is 0. The van der Waals surface area contributed by atoms with Gasteiger partial charge in [-0.05, 0) is 11.8 Å². The Balaban J connectivity index is 0.000000226. The van der Waals surface area contributed by atoms with Crippen LogP contribution in [0.5, 0.6) is 0 Å². The zero-order valence-electron chi connectivity index (χ0n) is 10.1. The summed E-state index contributed by atoms with van der Waals surface area (Å²) in [6.45, 7) is 9.04. The van der Waals surface area contributed by atoms with E-state index in [9.17, 15) is 0 Å². The molecule has 0 amide bonds. The van der Waals surface area contributed by atoms with Crippen LogP contribution >= 0.6 is 0 Å². The minimum Gasteiger partial charge on any atom is -0.0651 e. The molecule has 0 aliphatic heterocycles. The van der Waals surface area contributed by atoms with E-state index in [1.807, 2.05) is 0 Å². The number of hydrogen-bond acceptors (Lipinski definition) is 0. The Kier molecular flexibility index (Phi) is 8.59. The fourth-order valence-corrected chi connectivity index (χ4v) is 1.71. The Labute approximate surface area is 85.1 Å². The third-order valence-corrected chi connectivity index (χ3v) is 3.45. The predicted octanol–water partition coefficient (Wildman–Crippen LogP) is 5.03. The van der Waals surface area contributed by atoms with Gasteiger partial charge in [-0.1, -0.05) is 72.6 Å². The summed E-state index contributed by atoms with van der Waals surface area (Å²) in [6.07, 6.45) is 10.1. The molecule has 1 aliphatic carbocycles. The summed E-state index contributed by atoms with van der Waals surface area (Å²) in [5.41, 5.74) is 0. The van der Waals surface area contributed by atoms with Gasteiger partial charge in [-0.25, -0.2) is 0 Å². The van der Waals surface area contributed by atoms with E-state index in [-0.39, 0.29) is 0 Å². The molecule has 0 saturated heterocycles. The Bertz CT molecular complexity index is 86.2. The smallest absolute Gasteiger partial charge is 0.0417 e. The van der Waals surface area contributed by atoms with E-state index >= 15 is 0 Å². The number of rotatable bonds is 3. The highest BCUT2D eigenvalue weighted by molar-refractivity contribution is 4.64. The average Bonchev–Trinajstić information content (AvgIpc) is 2.70. The fraction of sp³-hybridized carbons (Fsp3) is 1.00. The Morgan fingerprint density at radius 1 is 1.00 bits per heavy atom. The molecule has 0 aromatic rings. The first-order valence-corrected chi connectivity index (χ1v) is 6.24. The largest absolute Gasteiger partial charge is 0.0651 e. The van der Waals surface area contributed by atoms with Crippen LogP contribution in [0.4, 0.5) is 0 Å².